The van der Waals surface area contributed by atoms with Crippen LogP contribution >= 0.6 is 23.2 Å². The van der Waals surface area contributed by atoms with E-state index >= 15 is 0 Å². The summed E-state index contributed by atoms with van der Waals surface area (Å²) in [6.45, 7) is 3.16. The maximum absolute atomic E-state index is 12.8. The first-order valence-corrected chi connectivity index (χ1v) is 9.04. The predicted molar refractivity (Wildman–Crippen MR) is 99.8 cm³/mol. The Morgan fingerprint density at radius 2 is 1.64 bits per heavy atom. The molecule has 144 valence electrons. The molecule has 0 spiro atoms. The third-order valence-electron chi connectivity index (χ3n) is 4.17. The summed E-state index contributed by atoms with van der Waals surface area (Å²) < 4.78 is 11.8. The van der Waals surface area contributed by atoms with Crippen molar-refractivity contribution in [1.82, 2.24) is 4.57 Å². The molecule has 1 aliphatic heterocycles. The fourth-order valence-corrected chi connectivity index (χ4v) is 3.22. The van der Waals surface area contributed by atoms with Gasteiger partial charge in [-0.3, -0.25) is 14.4 Å². The predicted octanol–water partition coefficient (Wildman–Crippen LogP) is 0.985. The normalized spacial score (nSPS) is 16.1. The Morgan fingerprint density at radius 1 is 1.07 bits per heavy atom. The number of hydrogen-bond donors (Lipinski definition) is 0. The summed E-state index contributed by atoms with van der Waals surface area (Å²) in [4.78, 5) is 36.9. The number of ether oxygens (including phenoxy) is 2. The fourth-order valence-electron chi connectivity index (χ4n) is 2.86. The van der Waals surface area contributed by atoms with Crippen LogP contribution in [0.25, 0.3) is 0 Å². The van der Waals surface area contributed by atoms with E-state index in [1.54, 1.807) is 41.0 Å². The molecule has 28 heavy (non-hydrogen) atoms. The van der Waals surface area contributed by atoms with Gasteiger partial charge in [0.2, 0.25) is 5.78 Å². The molecule has 0 aliphatic carbocycles. The molecule has 0 N–H and O–H groups in total. The minimum absolute atomic E-state index is 0. The van der Waals surface area contributed by atoms with Gasteiger partial charge in [-0.25, -0.2) is 0 Å². The molecule has 1 aromatic heterocycles. The average Bonchev–Trinajstić information content (AvgIpc) is 2.94. The van der Waals surface area contributed by atoms with Crippen LogP contribution in [0.3, 0.4) is 0 Å². The van der Waals surface area contributed by atoms with Crippen LogP contribution in [-0.2, 0) is 25.6 Å². The van der Waals surface area contributed by atoms with Crippen molar-refractivity contribution >= 4 is 40.9 Å². The molecule has 0 saturated carbocycles. The van der Waals surface area contributed by atoms with E-state index in [1.807, 2.05) is 0 Å². The Morgan fingerprint density at radius 3 is 2.21 bits per heavy atom. The molecule has 0 atom stereocenters. The van der Waals surface area contributed by atoms with Gasteiger partial charge in [0.25, 0.3) is 5.79 Å². The van der Waals surface area contributed by atoms with Gasteiger partial charge in [0, 0.05) is 31.0 Å². The molecule has 2 aromatic rings. The number of cyclic esters (lactones) is 2. The summed E-state index contributed by atoms with van der Waals surface area (Å²) >= 11 is 12.1. The van der Waals surface area contributed by atoms with E-state index in [-0.39, 0.29) is 49.7 Å². The Bertz CT molecular complexity index is 894. The van der Waals surface area contributed by atoms with E-state index in [0.717, 1.165) is 0 Å². The van der Waals surface area contributed by atoms with E-state index in [2.05, 4.69) is 0 Å². The number of nitrogens with zero attached hydrogens (tertiary/aromatic N) is 1. The van der Waals surface area contributed by atoms with Gasteiger partial charge in [-0.1, -0.05) is 23.2 Å². The summed E-state index contributed by atoms with van der Waals surface area (Å²) in [6, 6.07) is 9.67. The monoisotopic (exact) mass is 433 g/mol. The van der Waals surface area contributed by atoms with Crippen LogP contribution < -0.4 is 29.6 Å². The first-order chi connectivity index (χ1) is 12.7. The van der Waals surface area contributed by atoms with Gasteiger partial charge in [-0.15, -0.1) is 0 Å². The molecule has 1 aliphatic rings. The van der Waals surface area contributed by atoms with E-state index in [0.29, 0.717) is 21.4 Å². The Labute approximate surface area is 195 Å². The molecule has 0 bridgehead atoms. The number of rotatable bonds is 5. The van der Waals surface area contributed by atoms with Crippen molar-refractivity contribution in [2.75, 3.05) is 0 Å². The number of benzene rings is 1. The molecule has 2 heterocycles. The van der Waals surface area contributed by atoms with Gasteiger partial charge in [0.1, 0.15) is 5.15 Å². The number of aromatic nitrogens is 1. The Kier molecular flexibility index (Phi) is 7.39. The standard InChI is InChI=1S/C19H17Cl2NO5.Na.H/c1-19(2)26-17(24)13(18(25)27-19)9-10-22-14(7-8-15(22)21)16(23)11-3-5-12(20)6-4-11;;/h3-8,13H,9-10H2,1-2H3;;/q;+1;-1. The minimum Gasteiger partial charge on any atom is -1.00 e. The van der Waals surface area contributed by atoms with Gasteiger partial charge >= 0.3 is 41.5 Å². The third-order valence-corrected chi connectivity index (χ3v) is 4.75. The SMILES string of the molecule is CC1(C)OC(=O)C(CCn2c(Cl)ccc2C(=O)c2ccc(Cl)cc2)C(=O)O1.[H-].[Na+]. The van der Waals surface area contributed by atoms with Crippen LogP contribution in [0.4, 0.5) is 0 Å². The van der Waals surface area contributed by atoms with Crippen molar-refractivity contribution in [3.05, 3.63) is 57.8 Å². The summed E-state index contributed by atoms with van der Waals surface area (Å²) in [7, 11) is 0. The second-order valence-electron chi connectivity index (χ2n) is 6.61. The molecule has 0 unspecified atom stereocenters. The second kappa shape index (κ2) is 9.01. The zero-order valence-corrected chi connectivity index (χ0v) is 19.2. The molecular weight excluding hydrogens is 416 g/mol. The number of ketones is 1. The third kappa shape index (κ3) is 4.99. The summed E-state index contributed by atoms with van der Waals surface area (Å²) in [5, 5.41) is 0.849. The maximum atomic E-state index is 12.8. The molecule has 0 radical (unpaired) electrons. The van der Waals surface area contributed by atoms with Crippen molar-refractivity contribution in [3.63, 3.8) is 0 Å². The second-order valence-corrected chi connectivity index (χ2v) is 7.44. The van der Waals surface area contributed by atoms with Crippen LogP contribution in [-0.4, -0.2) is 28.1 Å². The van der Waals surface area contributed by atoms with Gasteiger partial charge in [0.15, 0.2) is 5.92 Å². The van der Waals surface area contributed by atoms with Crippen LogP contribution in [0.5, 0.6) is 0 Å². The molecule has 9 heteroatoms. The largest absolute Gasteiger partial charge is 1.00 e. The smallest absolute Gasteiger partial charge is 1.00 e. The van der Waals surface area contributed by atoms with Gasteiger partial charge in [-0.2, -0.15) is 0 Å². The summed E-state index contributed by atoms with van der Waals surface area (Å²) in [5.74, 6) is -3.87. The summed E-state index contributed by atoms with van der Waals surface area (Å²) in [5.41, 5.74) is 0.800. The topological polar surface area (TPSA) is 74.6 Å². The van der Waals surface area contributed by atoms with Crippen molar-refractivity contribution in [2.24, 2.45) is 5.92 Å². The molecule has 1 saturated heterocycles. The molecular formula is C19H18Cl2NNaO5. The van der Waals surface area contributed by atoms with Crippen LogP contribution in [0.1, 0.15) is 37.7 Å². The van der Waals surface area contributed by atoms with Crippen molar-refractivity contribution in [3.8, 4) is 0 Å². The van der Waals surface area contributed by atoms with Crippen molar-refractivity contribution in [1.29, 1.82) is 0 Å². The van der Waals surface area contributed by atoms with E-state index in [4.69, 9.17) is 32.7 Å². The van der Waals surface area contributed by atoms with Crippen LogP contribution in [0.15, 0.2) is 36.4 Å². The molecule has 0 amide bonds. The molecule has 6 nitrogen and oxygen atoms in total. The zero-order chi connectivity index (χ0) is 19.8. The average molecular weight is 434 g/mol. The quantitative estimate of drug-likeness (QED) is 0.304. The van der Waals surface area contributed by atoms with Gasteiger partial charge in [-0.05, 0) is 42.8 Å². The van der Waals surface area contributed by atoms with E-state index in [9.17, 15) is 14.4 Å². The molecule has 1 fully saturated rings. The number of carbonyl (C=O) groups is 3. The number of halogens is 2. The fraction of sp³-hybridized carbons (Fsp3) is 0.316. The number of carbonyl (C=O) groups excluding carboxylic acids is 3. The van der Waals surface area contributed by atoms with E-state index < -0.39 is 23.6 Å². The first-order valence-electron chi connectivity index (χ1n) is 8.29. The Balaban J connectivity index is 0.00000210. The van der Waals surface area contributed by atoms with Crippen molar-refractivity contribution in [2.45, 2.75) is 32.6 Å². The zero-order valence-electron chi connectivity index (χ0n) is 16.7. The first kappa shape index (κ1) is 23.0. The van der Waals surface area contributed by atoms with Crippen LogP contribution in [0.2, 0.25) is 10.2 Å². The molecule has 3 rings (SSSR count). The maximum Gasteiger partial charge on any atom is 1.00 e. The van der Waals surface area contributed by atoms with Gasteiger partial charge in [0.05, 0.1) is 5.69 Å². The summed E-state index contributed by atoms with van der Waals surface area (Å²) in [6.07, 6.45) is 0.100. The number of hydrogen-bond acceptors (Lipinski definition) is 5. The Hall–Kier alpha value is -1.31. The van der Waals surface area contributed by atoms with Gasteiger partial charge < -0.3 is 15.5 Å². The van der Waals surface area contributed by atoms with E-state index in [1.165, 1.54) is 13.8 Å². The minimum atomic E-state index is -1.27. The molecule has 1 aromatic carbocycles. The van der Waals surface area contributed by atoms with Crippen LogP contribution in [0, 0.1) is 5.92 Å². The van der Waals surface area contributed by atoms with Crippen molar-refractivity contribution < 1.29 is 54.8 Å². The number of esters is 2.